The minimum atomic E-state index is -0.359. The molecule has 0 radical (unpaired) electrons. The summed E-state index contributed by atoms with van der Waals surface area (Å²) < 4.78 is 4.73. The zero-order chi connectivity index (χ0) is 20.8. The van der Waals surface area contributed by atoms with Gasteiger partial charge in [0.25, 0.3) is 0 Å². The quantitative estimate of drug-likeness (QED) is 0.752. The number of carbonyl (C=O) groups excluding carboxylic acids is 2. The molecule has 0 aromatic heterocycles. The summed E-state index contributed by atoms with van der Waals surface area (Å²) in [6.07, 6.45) is 3.08. The average molecular weight is 395 g/mol. The van der Waals surface area contributed by atoms with Gasteiger partial charge < -0.3 is 10.1 Å². The summed E-state index contributed by atoms with van der Waals surface area (Å²) in [4.78, 5) is 26.9. The predicted octanol–water partition coefficient (Wildman–Crippen LogP) is 4.01. The van der Waals surface area contributed by atoms with E-state index in [-0.39, 0.29) is 24.0 Å². The number of nitrogens with one attached hydrogen (secondary N) is 1. The van der Waals surface area contributed by atoms with E-state index in [1.54, 1.807) is 12.1 Å². The molecule has 0 aliphatic carbocycles. The fourth-order valence-corrected chi connectivity index (χ4v) is 3.94. The van der Waals surface area contributed by atoms with Crippen molar-refractivity contribution in [1.29, 1.82) is 0 Å². The smallest absolute Gasteiger partial charge is 0.337 e. The second-order valence-corrected chi connectivity index (χ2v) is 7.81. The van der Waals surface area contributed by atoms with Gasteiger partial charge in [0.05, 0.1) is 24.8 Å². The van der Waals surface area contributed by atoms with Gasteiger partial charge in [-0.3, -0.25) is 9.69 Å². The summed E-state index contributed by atoms with van der Waals surface area (Å²) in [5.74, 6) is -0.288. The number of hydrogen-bond donors (Lipinski definition) is 1. The molecule has 1 fully saturated rings. The summed E-state index contributed by atoms with van der Waals surface area (Å²) in [6.45, 7) is 5.80. The van der Waals surface area contributed by atoms with Gasteiger partial charge >= 0.3 is 5.97 Å². The average Bonchev–Trinajstić information content (AvgIpc) is 2.73. The highest BCUT2D eigenvalue weighted by Crippen LogP contribution is 2.22. The van der Waals surface area contributed by atoms with Crippen molar-refractivity contribution in [1.82, 2.24) is 10.2 Å². The molecular weight excluding hydrogens is 364 g/mol. The van der Waals surface area contributed by atoms with Gasteiger partial charge in [-0.2, -0.15) is 0 Å². The molecule has 1 saturated heterocycles. The predicted molar refractivity (Wildman–Crippen MR) is 114 cm³/mol. The first-order chi connectivity index (χ1) is 14.0. The number of nitrogens with zero attached hydrogens (tertiary/aromatic N) is 1. The molecule has 5 nitrogen and oxygen atoms in total. The molecule has 2 atom stereocenters. The molecule has 0 bridgehead atoms. The van der Waals surface area contributed by atoms with Crippen molar-refractivity contribution < 1.29 is 14.3 Å². The third kappa shape index (κ3) is 5.45. The number of amides is 1. The van der Waals surface area contributed by atoms with Crippen LogP contribution in [0, 0.1) is 6.92 Å². The molecule has 1 unspecified atom stereocenters. The van der Waals surface area contributed by atoms with Crippen LogP contribution in [0.2, 0.25) is 0 Å². The van der Waals surface area contributed by atoms with E-state index in [9.17, 15) is 9.59 Å². The van der Waals surface area contributed by atoms with Crippen LogP contribution in [0.15, 0.2) is 48.5 Å². The summed E-state index contributed by atoms with van der Waals surface area (Å²) in [5, 5.41) is 3.16. The molecule has 3 rings (SSSR count). The Balaban J connectivity index is 1.64. The Hall–Kier alpha value is -2.66. The van der Waals surface area contributed by atoms with E-state index in [4.69, 9.17) is 4.74 Å². The van der Waals surface area contributed by atoms with E-state index in [0.29, 0.717) is 5.56 Å². The Kier molecular flexibility index (Phi) is 7.04. The van der Waals surface area contributed by atoms with Crippen molar-refractivity contribution in [2.24, 2.45) is 0 Å². The molecule has 154 valence electrons. The topological polar surface area (TPSA) is 58.6 Å². The molecule has 1 N–H and O–H groups in total. The van der Waals surface area contributed by atoms with Crippen molar-refractivity contribution in [2.75, 3.05) is 13.7 Å². The molecule has 1 aliphatic rings. The van der Waals surface area contributed by atoms with Crippen LogP contribution in [-0.2, 0) is 16.1 Å². The zero-order valence-corrected chi connectivity index (χ0v) is 17.5. The maximum atomic E-state index is 13.0. The van der Waals surface area contributed by atoms with E-state index in [1.165, 1.54) is 18.2 Å². The van der Waals surface area contributed by atoms with Crippen LogP contribution in [0.5, 0.6) is 0 Å². The van der Waals surface area contributed by atoms with Gasteiger partial charge in [-0.25, -0.2) is 4.79 Å². The van der Waals surface area contributed by atoms with Crippen molar-refractivity contribution in [3.8, 4) is 0 Å². The Morgan fingerprint density at radius 2 is 1.93 bits per heavy atom. The molecule has 1 heterocycles. The van der Waals surface area contributed by atoms with E-state index in [2.05, 4.69) is 41.4 Å². The SMILES string of the molecule is COC(=O)c1ccc([C@H](C)NC(=O)C2CCCCN2Cc2cccc(C)c2)cc1. The normalized spacial score (nSPS) is 18.1. The van der Waals surface area contributed by atoms with Crippen LogP contribution in [-0.4, -0.2) is 36.5 Å². The van der Waals surface area contributed by atoms with Crippen LogP contribution in [0.4, 0.5) is 0 Å². The third-order valence-corrected chi connectivity index (χ3v) is 5.58. The molecule has 2 aromatic carbocycles. The van der Waals surface area contributed by atoms with Crippen molar-refractivity contribution >= 4 is 11.9 Å². The highest BCUT2D eigenvalue weighted by molar-refractivity contribution is 5.89. The Morgan fingerprint density at radius 1 is 1.17 bits per heavy atom. The second kappa shape index (κ2) is 9.70. The molecular formula is C24H30N2O3. The molecule has 29 heavy (non-hydrogen) atoms. The Labute approximate surface area is 173 Å². The van der Waals surface area contributed by atoms with Gasteiger partial charge in [0.2, 0.25) is 5.91 Å². The minimum absolute atomic E-state index is 0.0712. The number of aryl methyl sites for hydroxylation is 1. The molecule has 0 saturated carbocycles. The number of hydrogen-bond acceptors (Lipinski definition) is 4. The van der Waals surface area contributed by atoms with Gasteiger partial charge in [-0.05, 0) is 56.5 Å². The number of methoxy groups -OCH3 is 1. The molecule has 5 heteroatoms. The Bertz CT molecular complexity index is 847. The summed E-state index contributed by atoms with van der Waals surface area (Å²) in [7, 11) is 1.37. The second-order valence-electron chi connectivity index (χ2n) is 7.81. The monoisotopic (exact) mass is 394 g/mol. The lowest BCUT2D eigenvalue weighted by Gasteiger charge is -2.35. The van der Waals surface area contributed by atoms with Crippen molar-refractivity contribution in [2.45, 2.75) is 51.7 Å². The van der Waals surface area contributed by atoms with E-state index < -0.39 is 0 Å². The van der Waals surface area contributed by atoms with Gasteiger partial charge in [-0.15, -0.1) is 0 Å². The third-order valence-electron chi connectivity index (χ3n) is 5.58. The first-order valence-electron chi connectivity index (χ1n) is 10.3. The summed E-state index contributed by atoms with van der Waals surface area (Å²) >= 11 is 0. The van der Waals surface area contributed by atoms with Crippen LogP contribution < -0.4 is 5.32 Å². The van der Waals surface area contributed by atoms with Crippen LogP contribution in [0.3, 0.4) is 0 Å². The van der Waals surface area contributed by atoms with Crippen LogP contribution >= 0.6 is 0 Å². The van der Waals surface area contributed by atoms with Crippen LogP contribution in [0.25, 0.3) is 0 Å². The fraction of sp³-hybridized carbons (Fsp3) is 0.417. The lowest BCUT2D eigenvalue weighted by atomic mass is 9.99. The van der Waals surface area contributed by atoms with Gasteiger partial charge in [-0.1, -0.05) is 48.4 Å². The Morgan fingerprint density at radius 3 is 2.62 bits per heavy atom. The van der Waals surface area contributed by atoms with Crippen molar-refractivity contribution in [3.63, 3.8) is 0 Å². The fourth-order valence-electron chi connectivity index (χ4n) is 3.94. The van der Waals surface area contributed by atoms with E-state index >= 15 is 0 Å². The number of carbonyl (C=O) groups is 2. The number of esters is 1. The highest BCUT2D eigenvalue weighted by Gasteiger charge is 2.29. The van der Waals surface area contributed by atoms with Gasteiger partial charge in [0.1, 0.15) is 0 Å². The lowest BCUT2D eigenvalue weighted by Crippen LogP contribution is -2.49. The van der Waals surface area contributed by atoms with Crippen LogP contribution in [0.1, 0.15) is 59.3 Å². The number of rotatable bonds is 6. The number of ether oxygens (including phenoxy) is 1. The maximum absolute atomic E-state index is 13.0. The first kappa shape index (κ1) is 21.1. The van der Waals surface area contributed by atoms with Gasteiger partial charge in [0.15, 0.2) is 0 Å². The van der Waals surface area contributed by atoms with E-state index in [1.807, 2.05) is 19.1 Å². The summed E-state index contributed by atoms with van der Waals surface area (Å²) in [6, 6.07) is 15.4. The van der Waals surface area contributed by atoms with E-state index in [0.717, 1.165) is 37.9 Å². The molecule has 0 spiro atoms. The molecule has 1 amide bonds. The first-order valence-corrected chi connectivity index (χ1v) is 10.3. The minimum Gasteiger partial charge on any atom is -0.465 e. The number of likely N-dealkylation sites (tertiary alicyclic amines) is 1. The summed E-state index contributed by atoms with van der Waals surface area (Å²) in [5.41, 5.74) is 3.96. The molecule has 2 aromatic rings. The zero-order valence-electron chi connectivity index (χ0n) is 17.5. The largest absolute Gasteiger partial charge is 0.465 e. The number of piperidine rings is 1. The highest BCUT2D eigenvalue weighted by atomic mass is 16.5. The molecule has 1 aliphatic heterocycles. The maximum Gasteiger partial charge on any atom is 0.337 e. The number of benzene rings is 2. The lowest BCUT2D eigenvalue weighted by molar-refractivity contribution is -0.128. The van der Waals surface area contributed by atoms with Gasteiger partial charge in [0, 0.05) is 6.54 Å². The standard InChI is InChI=1S/C24H30N2O3/c1-17-7-6-8-19(15-17)16-26-14-5-4-9-22(26)23(27)25-18(2)20-10-12-21(13-11-20)24(28)29-3/h6-8,10-13,15,18,22H,4-5,9,14,16H2,1-3H3,(H,25,27)/t18-,22?/m0/s1. The van der Waals surface area contributed by atoms with Crippen molar-refractivity contribution in [3.05, 3.63) is 70.8 Å².